The first-order valence-corrected chi connectivity index (χ1v) is 8.15. The van der Waals surface area contributed by atoms with E-state index in [2.05, 4.69) is 18.7 Å². The van der Waals surface area contributed by atoms with Crippen LogP contribution in [0.3, 0.4) is 0 Å². The van der Waals surface area contributed by atoms with Gasteiger partial charge in [0.15, 0.2) is 0 Å². The van der Waals surface area contributed by atoms with E-state index in [1.54, 1.807) is 0 Å². The van der Waals surface area contributed by atoms with Gasteiger partial charge in [-0.25, -0.2) is 15.1 Å². The van der Waals surface area contributed by atoms with Crippen LogP contribution < -0.4 is 10.9 Å². The second-order valence-electron chi connectivity index (χ2n) is 5.33. The molecule has 0 aliphatic heterocycles. The van der Waals surface area contributed by atoms with Gasteiger partial charge >= 0.3 is 10.3 Å². The molecule has 2 atom stereocenters. The third kappa shape index (κ3) is 2.99. The third-order valence-electron chi connectivity index (χ3n) is 3.92. The molecule has 2 aromatic rings. The molecule has 114 valence electrons. The Morgan fingerprint density at radius 3 is 2.95 bits per heavy atom. The minimum atomic E-state index is -3.87. The maximum atomic E-state index is 10.8. The number of nitrogens with two attached hydrogens (primary N) is 2. The van der Waals surface area contributed by atoms with Crippen molar-refractivity contribution in [1.29, 1.82) is 0 Å². The van der Waals surface area contributed by atoms with Crippen LogP contribution in [0.2, 0.25) is 0 Å². The number of nitrogens with zero attached hydrogens (tertiary/aromatic N) is 3. The summed E-state index contributed by atoms with van der Waals surface area (Å²) >= 11 is 0. The lowest BCUT2D eigenvalue weighted by atomic mass is 10.1. The molecule has 1 fully saturated rings. The number of fused-ring (bicyclic) bond motifs is 1. The Morgan fingerprint density at radius 1 is 1.38 bits per heavy atom. The molecule has 2 aromatic heterocycles. The normalized spacial score (nSPS) is 22.9. The van der Waals surface area contributed by atoms with E-state index in [1.807, 2.05) is 12.3 Å². The lowest BCUT2D eigenvalue weighted by Gasteiger charge is -2.14. The van der Waals surface area contributed by atoms with Crippen LogP contribution in [0.4, 0.5) is 5.82 Å². The summed E-state index contributed by atoms with van der Waals surface area (Å²) in [6.45, 7) is 0.131. The van der Waals surface area contributed by atoms with Crippen LogP contribution in [0.1, 0.15) is 25.3 Å². The average Bonchev–Trinajstić information content (AvgIpc) is 3.02. The lowest BCUT2D eigenvalue weighted by Crippen LogP contribution is -2.19. The molecule has 2 heterocycles. The molecule has 0 saturated heterocycles. The van der Waals surface area contributed by atoms with Crippen molar-refractivity contribution >= 4 is 27.2 Å². The summed E-state index contributed by atoms with van der Waals surface area (Å²) in [5, 5.41) is 5.68. The van der Waals surface area contributed by atoms with Crippen LogP contribution in [0.25, 0.3) is 11.0 Å². The van der Waals surface area contributed by atoms with Crippen molar-refractivity contribution < 1.29 is 12.6 Å². The number of rotatable bonds is 4. The Balaban J connectivity index is 1.75. The quantitative estimate of drug-likeness (QED) is 0.850. The number of anilines is 1. The predicted molar refractivity (Wildman–Crippen MR) is 77.4 cm³/mol. The second-order valence-corrected chi connectivity index (χ2v) is 6.55. The predicted octanol–water partition coefficient (Wildman–Crippen LogP) is 0.575. The van der Waals surface area contributed by atoms with Crippen molar-refractivity contribution in [2.24, 2.45) is 11.1 Å². The average molecular weight is 311 g/mol. The summed E-state index contributed by atoms with van der Waals surface area (Å²) in [7, 11) is -3.87. The van der Waals surface area contributed by atoms with Crippen molar-refractivity contribution in [3.05, 3.63) is 18.6 Å². The molecular weight excluding hydrogens is 294 g/mol. The highest BCUT2D eigenvalue weighted by molar-refractivity contribution is 7.84. The zero-order chi connectivity index (χ0) is 15.0. The van der Waals surface area contributed by atoms with Gasteiger partial charge < -0.3 is 10.3 Å². The van der Waals surface area contributed by atoms with Gasteiger partial charge in [0.1, 0.15) is 17.8 Å². The number of aromatic nitrogens is 3. The standard InChI is InChI=1S/C12H17N5O3S/c13-11-10-3-4-17(12(10)16-7-15-11)9-2-1-8(5-9)6-20-21(14,18)19/h3-4,7-9H,1-2,5-6H2,(H2,13,15,16)(H2,14,18,19)/t8-,9-/m0/s1. The highest BCUT2D eigenvalue weighted by Crippen LogP contribution is 2.37. The van der Waals surface area contributed by atoms with Gasteiger partial charge in [-0.1, -0.05) is 0 Å². The Hall–Kier alpha value is -1.71. The molecule has 0 radical (unpaired) electrons. The minimum absolute atomic E-state index is 0.131. The molecule has 1 aliphatic rings. The zero-order valence-electron chi connectivity index (χ0n) is 11.3. The Morgan fingerprint density at radius 2 is 2.19 bits per heavy atom. The van der Waals surface area contributed by atoms with Gasteiger partial charge in [-0.05, 0) is 31.2 Å². The fourth-order valence-corrected chi connectivity index (χ4v) is 3.31. The van der Waals surface area contributed by atoms with Crippen LogP contribution in [0.15, 0.2) is 18.6 Å². The monoisotopic (exact) mass is 311 g/mol. The van der Waals surface area contributed by atoms with E-state index in [-0.39, 0.29) is 18.6 Å². The van der Waals surface area contributed by atoms with Crippen molar-refractivity contribution in [2.75, 3.05) is 12.3 Å². The number of hydrogen-bond donors (Lipinski definition) is 2. The largest absolute Gasteiger partial charge is 0.383 e. The Bertz CT molecular complexity index is 757. The van der Waals surface area contributed by atoms with E-state index >= 15 is 0 Å². The van der Waals surface area contributed by atoms with E-state index in [1.165, 1.54) is 6.33 Å². The molecule has 21 heavy (non-hydrogen) atoms. The van der Waals surface area contributed by atoms with Crippen LogP contribution in [-0.4, -0.2) is 29.6 Å². The Kier molecular flexibility index (Phi) is 3.56. The van der Waals surface area contributed by atoms with Gasteiger partial charge in [0.25, 0.3) is 0 Å². The highest BCUT2D eigenvalue weighted by atomic mass is 32.2. The molecule has 0 bridgehead atoms. The molecule has 8 nitrogen and oxygen atoms in total. The summed E-state index contributed by atoms with van der Waals surface area (Å²) in [6, 6.07) is 2.16. The smallest absolute Gasteiger partial charge is 0.333 e. The van der Waals surface area contributed by atoms with Crippen molar-refractivity contribution in [3.8, 4) is 0 Å². The van der Waals surface area contributed by atoms with Gasteiger partial charge in [0.2, 0.25) is 0 Å². The second kappa shape index (κ2) is 5.24. The fourth-order valence-electron chi connectivity index (χ4n) is 2.93. The topological polar surface area (TPSA) is 126 Å². The molecule has 4 N–H and O–H groups in total. The summed E-state index contributed by atoms with van der Waals surface area (Å²) in [4.78, 5) is 8.25. The van der Waals surface area contributed by atoms with Gasteiger partial charge in [-0.15, -0.1) is 0 Å². The molecule has 0 aromatic carbocycles. The van der Waals surface area contributed by atoms with E-state index in [0.29, 0.717) is 5.82 Å². The summed E-state index contributed by atoms with van der Waals surface area (Å²) in [5.74, 6) is 0.635. The molecule has 0 amide bonds. The van der Waals surface area contributed by atoms with E-state index in [0.717, 1.165) is 30.3 Å². The van der Waals surface area contributed by atoms with Gasteiger partial charge in [-0.2, -0.15) is 8.42 Å². The molecule has 3 rings (SSSR count). The van der Waals surface area contributed by atoms with E-state index in [9.17, 15) is 8.42 Å². The lowest BCUT2D eigenvalue weighted by molar-refractivity contribution is 0.253. The van der Waals surface area contributed by atoms with Crippen molar-refractivity contribution in [1.82, 2.24) is 14.5 Å². The molecule has 9 heteroatoms. The van der Waals surface area contributed by atoms with Gasteiger partial charge in [0.05, 0.1) is 12.0 Å². The van der Waals surface area contributed by atoms with Gasteiger partial charge in [0, 0.05) is 12.2 Å². The molecule has 1 saturated carbocycles. The molecule has 0 spiro atoms. The van der Waals surface area contributed by atoms with Gasteiger partial charge in [-0.3, -0.25) is 4.18 Å². The van der Waals surface area contributed by atoms with E-state index < -0.39 is 10.3 Å². The van der Waals surface area contributed by atoms with Crippen LogP contribution in [-0.2, 0) is 14.5 Å². The first kappa shape index (κ1) is 14.2. The molecule has 0 unspecified atom stereocenters. The fraction of sp³-hybridized carbons (Fsp3) is 0.500. The van der Waals surface area contributed by atoms with Crippen LogP contribution in [0, 0.1) is 5.92 Å². The third-order valence-corrected chi connectivity index (χ3v) is 4.38. The van der Waals surface area contributed by atoms with E-state index in [4.69, 9.17) is 10.9 Å². The number of nitrogen functional groups attached to an aromatic ring is 1. The molecule has 1 aliphatic carbocycles. The van der Waals surface area contributed by atoms with Crippen LogP contribution in [0.5, 0.6) is 0 Å². The SMILES string of the molecule is Nc1ncnc2c1ccn2[C@H]1CC[C@H](COS(N)(=O)=O)C1. The maximum Gasteiger partial charge on any atom is 0.333 e. The van der Waals surface area contributed by atoms with Crippen LogP contribution >= 0.6 is 0 Å². The zero-order valence-corrected chi connectivity index (χ0v) is 12.2. The highest BCUT2D eigenvalue weighted by Gasteiger charge is 2.28. The first-order valence-electron chi connectivity index (χ1n) is 6.68. The summed E-state index contributed by atoms with van der Waals surface area (Å²) in [6.07, 6.45) is 6.05. The summed E-state index contributed by atoms with van der Waals surface area (Å²) < 4.78 is 28.4. The minimum Gasteiger partial charge on any atom is -0.383 e. The first-order chi connectivity index (χ1) is 9.94. The number of hydrogen-bond acceptors (Lipinski definition) is 6. The Labute approximate surface area is 122 Å². The maximum absolute atomic E-state index is 10.8. The summed E-state index contributed by atoms with van der Waals surface area (Å²) in [5.41, 5.74) is 6.63. The van der Waals surface area contributed by atoms with Crippen molar-refractivity contribution in [3.63, 3.8) is 0 Å². The van der Waals surface area contributed by atoms with Crippen molar-refractivity contribution in [2.45, 2.75) is 25.3 Å². The molecular formula is C12H17N5O3S.